The summed E-state index contributed by atoms with van der Waals surface area (Å²) >= 11 is 0. The van der Waals surface area contributed by atoms with Gasteiger partial charge in [-0.3, -0.25) is 0 Å². The Morgan fingerprint density at radius 3 is 2.87 bits per heavy atom. The Balaban J connectivity index is 2.61. The molecular weight excluding hydrogens is 194 g/mol. The second kappa shape index (κ2) is 5.36. The zero-order valence-electron chi connectivity index (χ0n) is 8.90. The van der Waals surface area contributed by atoms with E-state index in [0.717, 1.165) is 5.56 Å². The molecule has 1 atom stereocenters. The predicted octanol–water partition coefficient (Wildman–Crippen LogP) is 1.26. The van der Waals surface area contributed by atoms with Crippen LogP contribution in [0.2, 0.25) is 0 Å². The highest BCUT2D eigenvalue weighted by atomic mass is 16.6. The van der Waals surface area contributed by atoms with Gasteiger partial charge in [-0.15, -0.1) is 0 Å². The molecule has 4 nitrogen and oxygen atoms in total. The fourth-order valence-corrected chi connectivity index (χ4v) is 1.09. The van der Waals surface area contributed by atoms with Gasteiger partial charge in [0.15, 0.2) is 6.61 Å². The van der Waals surface area contributed by atoms with Crippen LogP contribution < -0.4 is 10.5 Å². The first-order valence-electron chi connectivity index (χ1n) is 4.68. The molecule has 82 valence electrons. The number of hydrogen-bond acceptors (Lipinski definition) is 4. The van der Waals surface area contributed by atoms with Gasteiger partial charge in [-0.05, 0) is 24.6 Å². The molecule has 1 aromatic rings. The lowest BCUT2D eigenvalue weighted by atomic mass is 10.1. The molecule has 0 aliphatic rings. The molecule has 1 unspecified atom stereocenters. The smallest absolute Gasteiger partial charge is 0.343 e. The van der Waals surface area contributed by atoms with Crippen molar-refractivity contribution in [1.82, 2.24) is 0 Å². The number of carbonyl (C=O) groups is 1. The maximum Gasteiger partial charge on any atom is 0.343 e. The predicted molar refractivity (Wildman–Crippen MR) is 56.6 cm³/mol. The van der Waals surface area contributed by atoms with Crippen molar-refractivity contribution in [3.63, 3.8) is 0 Å². The summed E-state index contributed by atoms with van der Waals surface area (Å²) < 4.78 is 9.68. The molecule has 4 heteroatoms. The van der Waals surface area contributed by atoms with E-state index in [9.17, 15) is 4.79 Å². The van der Waals surface area contributed by atoms with Crippen molar-refractivity contribution in [2.45, 2.75) is 13.0 Å². The molecule has 0 heterocycles. The van der Waals surface area contributed by atoms with Gasteiger partial charge in [0.1, 0.15) is 5.75 Å². The van der Waals surface area contributed by atoms with E-state index in [0.29, 0.717) is 5.75 Å². The average Bonchev–Trinajstić information content (AvgIpc) is 2.26. The first kappa shape index (κ1) is 11.5. The van der Waals surface area contributed by atoms with Gasteiger partial charge >= 0.3 is 5.97 Å². The van der Waals surface area contributed by atoms with E-state index in [1.807, 2.05) is 25.1 Å². The van der Waals surface area contributed by atoms with Gasteiger partial charge in [-0.2, -0.15) is 0 Å². The van der Waals surface area contributed by atoms with Gasteiger partial charge in [-0.25, -0.2) is 4.79 Å². The summed E-state index contributed by atoms with van der Waals surface area (Å²) in [4.78, 5) is 10.8. The molecule has 0 saturated carbocycles. The SMILES string of the molecule is COC(=O)COc1cccc(C(C)N)c1. The third-order valence-electron chi connectivity index (χ3n) is 1.97. The molecular formula is C11H15NO3. The molecule has 0 radical (unpaired) electrons. The Kier molecular flexibility index (Phi) is 4.12. The van der Waals surface area contributed by atoms with Crippen LogP contribution in [0.15, 0.2) is 24.3 Å². The minimum atomic E-state index is -0.402. The summed E-state index contributed by atoms with van der Waals surface area (Å²) in [5.74, 6) is 0.219. The number of esters is 1. The lowest BCUT2D eigenvalue weighted by molar-refractivity contribution is -0.142. The van der Waals surface area contributed by atoms with Crippen LogP contribution in [0.4, 0.5) is 0 Å². The zero-order valence-corrected chi connectivity index (χ0v) is 8.90. The van der Waals surface area contributed by atoms with E-state index in [-0.39, 0.29) is 12.6 Å². The fraction of sp³-hybridized carbons (Fsp3) is 0.364. The largest absolute Gasteiger partial charge is 0.482 e. The van der Waals surface area contributed by atoms with Crippen LogP contribution in [0.5, 0.6) is 5.75 Å². The highest BCUT2D eigenvalue weighted by Crippen LogP contribution is 2.17. The minimum Gasteiger partial charge on any atom is -0.482 e. The van der Waals surface area contributed by atoms with E-state index in [4.69, 9.17) is 10.5 Å². The van der Waals surface area contributed by atoms with Crippen LogP contribution in [0.25, 0.3) is 0 Å². The van der Waals surface area contributed by atoms with Crippen LogP contribution in [0.1, 0.15) is 18.5 Å². The molecule has 0 bridgehead atoms. The molecule has 0 aromatic heterocycles. The Hall–Kier alpha value is -1.55. The van der Waals surface area contributed by atoms with Crippen molar-refractivity contribution in [2.75, 3.05) is 13.7 Å². The Labute approximate surface area is 89.0 Å². The third kappa shape index (κ3) is 3.59. The molecule has 0 aliphatic carbocycles. The number of benzene rings is 1. The first-order chi connectivity index (χ1) is 7.13. The highest BCUT2D eigenvalue weighted by molar-refractivity contribution is 5.70. The van der Waals surface area contributed by atoms with E-state index in [1.54, 1.807) is 6.07 Å². The van der Waals surface area contributed by atoms with Crippen molar-refractivity contribution in [3.05, 3.63) is 29.8 Å². The lowest BCUT2D eigenvalue weighted by Gasteiger charge is -2.08. The van der Waals surface area contributed by atoms with E-state index in [1.165, 1.54) is 7.11 Å². The quantitative estimate of drug-likeness (QED) is 0.758. The van der Waals surface area contributed by atoms with E-state index in [2.05, 4.69) is 4.74 Å². The molecule has 0 saturated heterocycles. The van der Waals surface area contributed by atoms with Gasteiger partial charge in [-0.1, -0.05) is 12.1 Å². The second-order valence-electron chi connectivity index (χ2n) is 3.23. The number of carbonyl (C=O) groups excluding carboxylic acids is 1. The van der Waals surface area contributed by atoms with Crippen molar-refractivity contribution in [1.29, 1.82) is 0 Å². The molecule has 0 spiro atoms. The second-order valence-corrected chi connectivity index (χ2v) is 3.23. The number of methoxy groups -OCH3 is 1. The van der Waals surface area contributed by atoms with Crippen molar-refractivity contribution in [2.24, 2.45) is 5.73 Å². The average molecular weight is 209 g/mol. The molecule has 0 amide bonds. The van der Waals surface area contributed by atoms with Crippen molar-refractivity contribution in [3.8, 4) is 5.75 Å². The van der Waals surface area contributed by atoms with Crippen LogP contribution in [-0.2, 0) is 9.53 Å². The minimum absolute atomic E-state index is 0.0494. The van der Waals surface area contributed by atoms with Gasteiger partial charge in [0.25, 0.3) is 0 Å². The van der Waals surface area contributed by atoms with Crippen molar-refractivity contribution >= 4 is 5.97 Å². The fourth-order valence-electron chi connectivity index (χ4n) is 1.09. The standard InChI is InChI=1S/C11H15NO3/c1-8(12)9-4-3-5-10(6-9)15-7-11(13)14-2/h3-6,8H,7,12H2,1-2H3. The number of rotatable bonds is 4. The third-order valence-corrected chi connectivity index (χ3v) is 1.97. The summed E-state index contributed by atoms with van der Waals surface area (Å²) in [7, 11) is 1.32. The van der Waals surface area contributed by atoms with Crippen molar-refractivity contribution < 1.29 is 14.3 Å². The molecule has 2 N–H and O–H groups in total. The molecule has 0 aliphatic heterocycles. The van der Waals surface area contributed by atoms with Gasteiger partial charge < -0.3 is 15.2 Å². The van der Waals surface area contributed by atoms with E-state index >= 15 is 0 Å². The molecule has 0 fully saturated rings. The lowest BCUT2D eigenvalue weighted by Crippen LogP contribution is -2.13. The number of ether oxygens (including phenoxy) is 2. The molecule has 15 heavy (non-hydrogen) atoms. The van der Waals surface area contributed by atoms with Gasteiger partial charge in [0, 0.05) is 6.04 Å². The van der Waals surface area contributed by atoms with Crippen LogP contribution in [0.3, 0.4) is 0 Å². The zero-order chi connectivity index (χ0) is 11.3. The monoisotopic (exact) mass is 209 g/mol. The van der Waals surface area contributed by atoms with Crippen LogP contribution in [-0.4, -0.2) is 19.7 Å². The highest BCUT2D eigenvalue weighted by Gasteiger charge is 2.04. The first-order valence-corrected chi connectivity index (χ1v) is 4.68. The molecule has 1 aromatic carbocycles. The Bertz CT molecular complexity index is 336. The Morgan fingerprint density at radius 2 is 2.27 bits per heavy atom. The number of hydrogen-bond donors (Lipinski definition) is 1. The summed E-state index contributed by atoms with van der Waals surface area (Å²) in [5.41, 5.74) is 6.69. The molecule has 1 rings (SSSR count). The Morgan fingerprint density at radius 1 is 1.53 bits per heavy atom. The maximum atomic E-state index is 10.8. The topological polar surface area (TPSA) is 61.5 Å². The van der Waals surface area contributed by atoms with Gasteiger partial charge in [0.05, 0.1) is 7.11 Å². The maximum absolute atomic E-state index is 10.8. The summed E-state index contributed by atoms with van der Waals surface area (Å²) in [6, 6.07) is 7.29. The van der Waals surface area contributed by atoms with Gasteiger partial charge in [0.2, 0.25) is 0 Å². The summed E-state index contributed by atoms with van der Waals surface area (Å²) in [5, 5.41) is 0. The number of nitrogens with two attached hydrogens (primary N) is 1. The normalized spacial score (nSPS) is 11.9. The van der Waals surface area contributed by atoms with E-state index < -0.39 is 5.97 Å². The van der Waals surface area contributed by atoms with Crippen LogP contribution >= 0.6 is 0 Å². The summed E-state index contributed by atoms with van der Waals surface area (Å²) in [6.45, 7) is 1.80. The summed E-state index contributed by atoms with van der Waals surface area (Å²) in [6.07, 6.45) is 0. The van der Waals surface area contributed by atoms with Crippen LogP contribution in [0, 0.1) is 0 Å².